The number of rotatable bonds is 16. The zero-order valence-corrected chi connectivity index (χ0v) is 17.0. The van der Waals surface area contributed by atoms with Crippen LogP contribution in [0.3, 0.4) is 0 Å². The van der Waals surface area contributed by atoms with Crippen molar-refractivity contribution in [1.29, 1.82) is 0 Å². The van der Waals surface area contributed by atoms with Crippen molar-refractivity contribution in [2.45, 2.75) is 104 Å². The lowest BCUT2D eigenvalue weighted by Gasteiger charge is -2.05. The van der Waals surface area contributed by atoms with Gasteiger partial charge in [-0.15, -0.1) is 0 Å². The van der Waals surface area contributed by atoms with Crippen LogP contribution in [0.2, 0.25) is 0 Å². The number of unbranched alkanes of at least 4 members (excludes halogenated alkanes) is 9. The lowest BCUT2D eigenvalue weighted by Crippen LogP contribution is -2.08. The second kappa shape index (κ2) is 14.7. The van der Waals surface area contributed by atoms with E-state index in [1.54, 1.807) is 0 Å². The summed E-state index contributed by atoms with van der Waals surface area (Å²) >= 11 is 0. The highest BCUT2D eigenvalue weighted by molar-refractivity contribution is 6.07. The molecule has 0 N–H and O–H groups in total. The summed E-state index contributed by atoms with van der Waals surface area (Å²) in [6.45, 7) is 4.42. The number of carbonyl (C=O) groups is 2. The largest absolute Gasteiger partial charge is 0.299 e. The molecule has 0 saturated carbocycles. The highest BCUT2D eigenvalue weighted by atomic mass is 16.1. The third-order valence-corrected chi connectivity index (χ3v) is 5.01. The highest BCUT2D eigenvalue weighted by Gasteiger charge is 2.11. The zero-order chi connectivity index (χ0) is 19.0. The van der Waals surface area contributed by atoms with Crippen LogP contribution in [-0.2, 0) is 11.2 Å². The predicted molar refractivity (Wildman–Crippen MR) is 111 cm³/mol. The van der Waals surface area contributed by atoms with Crippen LogP contribution < -0.4 is 0 Å². The zero-order valence-electron chi connectivity index (χ0n) is 17.0. The number of hydrogen-bond acceptors (Lipinski definition) is 2. The molecule has 1 rings (SSSR count). The van der Waals surface area contributed by atoms with Crippen LogP contribution in [0.15, 0.2) is 24.3 Å². The van der Waals surface area contributed by atoms with Gasteiger partial charge in [0.25, 0.3) is 0 Å². The summed E-state index contributed by atoms with van der Waals surface area (Å²) in [5.74, 6) is 0.0531. The molecule has 0 unspecified atom stereocenters. The van der Waals surface area contributed by atoms with Gasteiger partial charge < -0.3 is 0 Å². The number of hydrogen-bond donors (Lipinski definition) is 0. The van der Waals surface area contributed by atoms with Crippen LogP contribution in [0, 0.1) is 0 Å². The number of aryl methyl sites for hydroxylation is 1. The van der Waals surface area contributed by atoms with Crippen molar-refractivity contribution in [2.24, 2.45) is 0 Å². The molecule has 0 aliphatic rings. The summed E-state index contributed by atoms with van der Waals surface area (Å²) in [5.41, 5.74) is 1.97. The first kappa shape index (κ1) is 22.6. The Morgan fingerprint density at radius 3 is 1.85 bits per heavy atom. The topological polar surface area (TPSA) is 34.1 Å². The summed E-state index contributed by atoms with van der Waals surface area (Å²) in [4.78, 5) is 24.2. The van der Waals surface area contributed by atoms with Gasteiger partial charge in [-0.1, -0.05) is 95.9 Å². The lowest BCUT2D eigenvalue weighted by molar-refractivity contribution is -0.118. The van der Waals surface area contributed by atoms with Crippen LogP contribution >= 0.6 is 0 Å². The molecular weight excluding hydrogens is 320 g/mol. The Balaban J connectivity index is 2.24. The van der Waals surface area contributed by atoms with Gasteiger partial charge in [-0.25, -0.2) is 0 Å². The number of benzene rings is 1. The Labute approximate surface area is 160 Å². The minimum atomic E-state index is -0.0327. The highest BCUT2D eigenvalue weighted by Crippen LogP contribution is 2.13. The van der Waals surface area contributed by atoms with E-state index in [0.717, 1.165) is 19.3 Å². The fraction of sp³-hybridized carbons (Fsp3) is 0.667. The van der Waals surface area contributed by atoms with Gasteiger partial charge in [-0.2, -0.15) is 0 Å². The molecule has 2 nitrogen and oxygen atoms in total. The second-order valence-electron chi connectivity index (χ2n) is 7.52. The first-order valence-corrected chi connectivity index (χ1v) is 10.8. The molecule has 0 aromatic heterocycles. The summed E-state index contributed by atoms with van der Waals surface area (Å²) in [6.07, 6.45) is 15.1. The first-order chi connectivity index (χ1) is 12.7. The average Bonchev–Trinajstić information content (AvgIpc) is 2.65. The van der Waals surface area contributed by atoms with Crippen LogP contribution in [0.1, 0.15) is 113 Å². The van der Waals surface area contributed by atoms with Gasteiger partial charge >= 0.3 is 0 Å². The molecule has 2 heteroatoms. The quantitative estimate of drug-likeness (QED) is 0.179. The van der Waals surface area contributed by atoms with E-state index in [-0.39, 0.29) is 18.0 Å². The molecule has 146 valence electrons. The maximum absolute atomic E-state index is 12.2. The van der Waals surface area contributed by atoms with Crippen molar-refractivity contribution in [3.8, 4) is 0 Å². The number of Topliss-reactive ketones (excluding diaryl/α,β-unsaturated/α-hetero) is 2. The molecule has 0 radical (unpaired) electrons. The molecule has 0 bridgehead atoms. The van der Waals surface area contributed by atoms with Gasteiger partial charge in [0, 0.05) is 12.0 Å². The third-order valence-electron chi connectivity index (χ3n) is 5.01. The van der Waals surface area contributed by atoms with Gasteiger partial charge in [0.05, 0.1) is 6.42 Å². The number of ketones is 2. The summed E-state index contributed by atoms with van der Waals surface area (Å²) in [7, 11) is 0. The van der Waals surface area contributed by atoms with E-state index in [0.29, 0.717) is 12.0 Å². The van der Waals surface area contributed by atoms with E-state index >= 15 is 0 Å². The molecule has 1 aromatic carbocycles. The van der Waals surface area contributed by atoms with Crippen LogP contribution in [0.25, 0.3) is 0 Å². The van der Waals surface area contributed by atoms with Gasteiger partial charge in [0.1, 0.15) is 5.78 Å². The minimum absolute atomic E-state index is 0.0327. The molecule has 0 spiro atoms. The van der Waals surface area contributed by atoms with E-state index in [4.69, 9.17) is 0 Å². The maximum atomic E-state index is 12.2. The fourth-order valence-corrected chi connectivity index (χ4v) is 3.26. The molecule has 0 fully saturated rings. The molecule has 26 heavy (non-hydrogen) atoms. The minimum Gasteiger partial charge on any atom is -0.299 e. The number of carbonyl (C=O) groups excluding carboxylic acids is 2. The summed E-state index contributed by atoms with van der Waals surface area (Å²) in [6, 6.07) is 7.88. The SMILES string of the molecule is CCCCCCCCc1ccc(C(=O)CC(=O)CCCCCCC)cc1. The monoisotopic (exact) mass is 358 g/mol. The lowest BCUT2D eigenvalue weighted by atomic mass is 9.99. The van der Waals surface area contributed by atoms with E-state index in [1.807, 2.05) is 12.1 Å². The smallest absolute Gasteiger partial charge is 0.170 e. The summed E-state index contributed by atoms with van der Waals surface area (Å²) in [5, 5.41) is 0. The maximum Gasteiger partial charge on any atom is 0.170 e. The standard InChI is InChI=1S/C24H38O2/c1-3-5-7-9-11-12-14-21-16-18-22(19-17-21)24(26)20-23(25)15-13-10-8-6-4-2/h16-19H,3-15,20H2,1-2H3. The van der Waals surface area contributed by atoms with Gasteiger partial charge in [0.2, 0.25) is 0 Å². The van der Waals surface area contributed by atoms with Crippen LogP contribution in [0.4, 0.5) is 0 Å². The van der Waals surface area contributed by atoms with Crippen molar-refractivity contribution in [3.63, 3.8) is 0 Å². The van der Waals surface area contributed by atoms with Crippen molar-refractivity contribution in [3.05, 3.63) is 35.4 Å². The Bertz CT molecular complexity index is 501. The van der Waals surface area contributed by atoms with Gasteiger partial charge in [-0.3, -0.25) is 9.59 Å². The third kappa shape index (κ3) is 10.5. The van der Waals surface area contributed by atoms with Crippen molar-refractivity contribution >= 4 is 11.6 Å². The molecule has 0 atom stereocenters. The van der Waals surface area contributed by atoms with Gasteiger partial charge in [0.15, 0.2) is 5.78 Å². The fourth-order valence-electron chi connectivity index (χ4n) is 3.26. The van der Waals surface area contributed by atoms with Crippen LogP contribution in [-0.4, -0.2) is 11.6 Å². The summed E-state index contributed by atoms with van der Waals surface area (Å²) < 4.78 is 0. The average molecular weight is 359 g/mol. The molecule has 0 aliphatic carbocycles. The molecule has 1 aromatic rings. The molecular formula is C24H38O2. The Kier molecular flexibility index (Phi) is 12.8. The van der Waals surface area contributed by atoms with Gasteiger partial charge in [-0.05, 0) is 24.8 Å². The predicted octanol–water partition coefficient (Wildman–Crippen LogP) is 7.09. The van der Waals surface area contributed by atoms with E-state index < -0.39 is 0 Å². The molecule has 0 heterocycles. The first-order valence-electron chi connectivity index (χ1n) is 10.8. The van der Waals surface area contributed by atoms with Crippen molar-refractivity contribution < 1.29 is 9.59 Å². The van der Waals surface area contributed by atoms with E-state index in [9.17, 15) is 9.59 Å². The second-order valence-corrected chi connectivity index (χ2v) is 7.52. The molecule has 0 saturated heterocycles. The van der Waals surface area contributed by atoms with E-state index in [2.05, 4.69) is 26.0 Å². The Hall–Kier alpha value is -1.44. The van der Waals surface area contributed by atoms with Crippen LogP contribution in [0.5, 0.6) is 0 Å². The molecule has 0 amide bonds. The van der Waals surface area contributed by atoms with E-state index in [1.165, 1.54) is 63.4 Å². The Morgan fingerprint density at radius 1 is 0.692 bits per heavy atom. The Morgan fingerprint density at radius 2 is 1.23 bits per heavy atom. The van der Waals surface area contributed by atoms with Crippen molar-refractivity contribution in [2.75, 3.05) is 0 Å². The van der Waals surface area contributed by atoms with Crippen molar-refractivity contribution in [1.82, 2.24) is 0 Å². The molecule has 0 aliphatic heterocycles. The normalized spacial score (nSPS) is 10.8.